The fraction of sp³-hybridized carbons (Fsp3) is 0.444. The molecular formula is C18H20F2N4. The van der Waals surface area contributed by atoms with Gasteiger partial charge < -0.3 is 4.90 Å². The van der Waals surface area contributed by atoms with E-state index in [0.717, 1.165) is 43.5 Å². The SMILES string of the molecule is CN(Cc1cc(F)cc(F)c1)C1CN(c2cc3c(nn2)CCC3)C1. The topological polar surface area (TPSA) is 32.3 Å². The molecule has 6 heteroatoms. The Morgan fingerprint density at radius 1 is 1.08 bits per heavy atom. The molecule has 2 aromatic rings. The van der Waals surface area contributed by atoms with Crippen molar-refractivity contribution in [2.45, 2.75) is 31.8 Å². The number of anilines is 1. The lowest BCUT2D eigenvalue weighted by Crippen LogP contribution is -2.58. The number of halogens is 2. The van der Waals surface area contributed by atoms with Crippen molar-refractivity contribution in [1.29, 1.82) is 0 Å². The van der Waals surface area contributed by atoms with Crippen molar-refractivity contribution < 1.29 is 8.78 Å². The third-order valence-electron chi connectivity index (χ3n) is 4.97. The molecule has 4 rings (SSSR count). The maximum Gasteiger partial charge on any atom is 0.151 e. The Labute approximate surface area is 140 Å². The van der Waals surface area contributed by atoms with Gasteiger partial charge in [0.2, 0.25) is 0 Å². The van der Waals surface area contributed by atoms with E-state index >= 15 is 0 Å². The molecule has 0 atom stereocenters. The number of hydrogen-bond donors (Lipinski definition) is 0. The monoisotopic (exact) mass is 330 g/mol. The molecule has 0 bridgehead atoms. The van der Waals surface area contributed by atoms with E-state index in [-0.39, 0.29) is 0 Å². The fourth-order valence-corrected chi connectivity index (χ4v) is 3.51. The normalized spacial score (nSPS) is 17.2. The van der Waals surface area contributed by atoms with E-state index in [2.05, 4.69) is 26.1 Å². The summed E-state index contributed by atoms with van der Waals surface area (Å²) in [5.41, 5.74) is 3.12. The van der Waals surface area contributed by atoms with Gasteiger partial charge in [-0.1, -0.05) is 0 Å². The van der Waals surface area contributed by atoms with Gasteiger partial charge in [-0.3, -0.25) is 4.90 Å². The second kappa shape index (κ2) is 6.09. The quantitative estimate of drug-likeness (QED) is 0.862. The number of aryl methyl sites for hydroxylation is 2. The average molecular weight is 330 g/mol. The van der Waals surface area contributed by atoms with Crippen LogP contribution in [-0.4, -0.2) is 41.3 Å². The maximum atomic E-state index is 13.3. The van der Waals surface area contributed by atoms with Crippen molar-refractivity contribution >= 4 is 5.82 Å². The Balaban J connectivity index is 1.36. The van der Waals surface area contributed by atoms with Crippen LogP contribution in [0, 0.1) is 11.6 Å². The largest absolute Gasteiger partial charge is 0.352 e. The summed E-state index contributed by atoms with van der Waals surface area (Å²) in [5.74, 6) is -0.110. The van der Waals surface area contributed by atoms with Gasteiger partial charge in [0.05, 0.1) is 5.69 Å². The van der Waals surface area contributed by atoms with Crippen molar-refractivity contribution in [3.8, 4) is 0 Å². The molecule has 1 aliphatic carbocycles. The molecule has 1 aromatic heterocycles. The van der Waals surface area contributed by atoms with Crippen LogP contribution >= 0.6 is 0 Å². The van der Waals surface area contributed by atoms with E-state index in [4.69, 9.17) is 0 Å². The first-order valence-corrected chi connectivity index (χ1v) is 8.34. The average Bonchev–Trinajstić information content (AvgIpc) is 2.92. The maximum absolute atomic E-state index is 13.3. The van der Waals surface area contributed by atoms with Gasteiger partial charge in [0.25, 0.3) is 0 Å². The first-order chi connectivity index (χ1) is 11.6. The zero-order valence-corrected chi connectivity index (χ0v) is 13.7. The van der Waals surface area contributed by atoms with E-state index in [1.54, 1.807) is 0 Å². The van der Waals surface area contributed by atoms with Gasteiger partial charge in [0.15, 0.2) is 5.82 Å². The van der Waals surface area contributed by atoms with Gasteiger partial charge in [-0.15, -0.1) is 5.10 Å². The first kappa shape index (κ1) is 15.4. The van der Waals surface area contributed by atoms with E-state index in [0.29, 0.717) is 18.2 Å². The molecule has 126 valence electrons. The summed E-state index contributed by atoms with van der Waals surface area (Å²) in [4.78, 5) is 4.34. The van der Waals surface area contributed by atoms with E-state index in [1.807, 2.05) is 7.05 Å². The minimum absolute atomic E-state index is 0.353. The predicted molar refractivity (Wildman–Crippen MR) is 87.9 cm³/mol. The smallest absolute Gasteiger partial charge is 0.151 e. The van der Waals surface area contributed by atoms with Crippen LogP contribution in [0.1, 0.15) is 23.2 Å². The highest BCUT2D eigenvalue weighted by molar-refractivity contribution is 5.45. The van der Waals surface area contributed by atoms with Crippen molar-refractivity contribution in [2.75, 3.05) is 25.0 Å². The lowest BCUT2D eigenvalue weighted by Gasteiger charge is -2.44. The second-order valence-corrected chi connectivity index (χ2v) is 6.78. The van der Waals surface area contributed by atoms with E-state index in [1.165, 1.54) is 24.1 Å². The Morgan fingerprint density at radius 2 is 1.83 bits per heavy atom. The van der Waals surface area contributed by atoms with Crippen LogP contribution in [0.5, 0.6) is 0 Å². The van der Waals surface area contributed by atoms with Crippen LogP contribution in [0.3, 0.4) is 0 Å². The fourth-order valence-electron chi connectivity index (χ4n) is 3.51. The Bertz CT molecular complexity index is 738. The highest BCUT2D eigenvalue weighted by atomic mass is 19.1. The molecule has 0 N–H and O–H groups in total. The minimum Gasteiger partial charge on any atom is -0.352 e. The molecule has 0 unspecified atom stereocenters. The predicted octanol–water partition coefficient (Wildman–Crippen LogP) is 2.56. The van der Waals surface area contributed by atoms with Crippen LogP contribution < -0.4 is 4.90 Å². The lowest BCUT2D eigenvalue weighted by atomic mass is 10.1. The molecule has 0 saturated carbocycles. The summed E-state index contributed by atoms with van der Waals surface area (Å²) in [6, 6.07) is 6.20. The van der Waals surface area contributed by atoms with Crippen LogP contribution in [0.2, 0.25) is 0 Å². The number of hydrogen-bond acceptors (Lipinski definition) is 4. The van der Waals surface area contributed by atoms with Crippen LogP contribution in [0.4, 0.5) is 14.6 Å². The molecule has 1 aliphatic heterocycles. The van der Waals surface area contributed by atoms with Crippen molar-refractivity contribution in [1.82, 2.24) is 15.1 Å². The molecule has 1 aromatic carbocycles. The number of fused-ring (bicyclic) bond motifs is 1. The third kappa shape index (κ3) is 2.98. The molecular weight excluding hydrogens is 310 g/mol. The zero-order valence-electron chi connectivity index (χ0n) is 13.7. The molecule has 1 saturated heterocycles. The van der Waals surface area contributed by atoms with Crippen molar-refractivity contribution in [3.05, 3.63) is 52.7 Å². The van der Waals surface area contributed by atoms with Gasteiger partial charge >= 0.3 is 0 Å². The molecule has 24 heavy (non-hydrogen) atoms. The zero-order chi connectivity index (χ0) is 16.7. The number of rotatable bonds is 4. The van der Waals surface area contributed by atoms with E-state index in [9.17, 15) is 8.78 Å². The van der Waals surface area contributed by atoms with Gasteiger partial charge in [0, 0.05) is 31.7 Å². The highest BCUT2D eigenvalue weighted by Crippen LogP contribution is 2.26. The summed E-state index contributed by atoms with van der Waals surface area (Å²) in [6.45, 7) is 2.26. The Hall–Kier alpha value is -2.08. The molecule has 0 amide bonds. The summed E-state index contributed by atoms with van der Waals surface area (Å²) < 4.78 is 26.6. The molecule has 0 spiro atoms. The first-order valence-electron chi connectivity index (χ1n) is 8.34. The summed E-state index contributed by atoms with van der Waals surface area (Å²) in [5, 5.41) is 8.66. The van der Waals surface area contributed by atoms with Crippen molar-refractivity contribution in [3.63, 3.8) is 0 Å². The van der Waals surface area contributed by atoms with Crippen LogP contribution in [-0.2, 0) is 19.4 Å². The van der Waals surface area contributed by atoms with Crippen LogP contribution in [0.25, 0.3) is 0 Å². The third-order valence-corrected chi connectivity index (χ3v) is 4.97. The number of likely N-dealkylation sites (N-methyl/N-ethyl adjacent to an activating group) is 1. The molecule has 0 radical (unpaired) electrons. The van der Waals surface area contributed by atoms with Crippen LogP contribution in [0.15, 0.2) is 24.3 Å². The minimum atomic E-state index is -0.526. The van der Waals surface area contributed by atoms with Gasteiger partial charge in [-0.25, -0.2) is 8.78 Å². The number of nitrogens with zero attached hydrogens (tertiary/aromatic N) is 4. The molecule has 2 heterocycles. The highest BCUT2D eigenvalue weighted by Gasteiger charge is 2.31. The summed E-state index contributed by atoms with van der Waals surface area (Å²) in [6.07, 6.45) is 3.31. The lowest BCUT2D eigenvalue weighted by molar-refractivity contribution is 0.196. The molecule has 4 nitrogen and oxygen atoms in total. The number of benzene rings is 1. The van der Waals surface area contributed by atoms with Gasteiger partial charge in [0.1, 0.15) is 11.6 Å². The summed E-state index contributed by atoms with van der Waals surface area (Å²) >= 11 is 0. The standard InChI is InChI=1S/C18H20F2N4/c1-23(9-12-5-14(19)8-15(20)6-12)16-10-24(11-16)18-7-13-3-2-4-17(13)21-22-18/h5-8,16H,2-4,9-11H2,1H3. The summed E-state index contributed by atoms with van der Waals surface area (Å²) in [7, 11) is 1.99. The Morgan fingerprint density at radius 3 is 2.58 bits per heavy atom. The molecule has 1 fully saturated rings. The number of aromatic nitrogens is 2. The van der Waals surface area contributed by atoms with Gasteiger partial charge in [-0.2, -0.15) is 5.10 Å². The van der Waals surface area contributed by atoms with Gasteiger partial charge in [-0.05, 0) is 55.6 Å². The van der Waals surface area contributed by atoms with E-state index < -0.39 is 11.6 Å². The Kier molecular flexibility index (Phi) is 3.92. The van der Waals surface area contributed by atoms with Crippen molar-refractivity contribution in [2.24, 2.45) is 0 Å². The second-order valence-electron chi connectivity index (χ2n) is 6.78. The molecule has 2 aliphatic rings.